The molecule has 0 unspecified atom stereocenters. The van der Waals surface area contributed by atoms with Gasteiger partial charge in [-0.25, -0.2) is 13.6 Å². The molecule has 0 amide bonds. The summed E-state index contributed by atoms with van der Waals surface area (Å²) >= 11 is 0. The summed E-state index contributed by atoms with van der Waals surface area (Å²) in [4.78, 5) is 14.9. The average molecular weight is 443 g/mol. The van der Waals surface area contributed by atoms with Crippen molar-refractivity contribution in [3.8, 4) is 11.5 Å². The van der Waals surface area contributed by atoms with Crippen molar-refractivity contribution in [2.24, 2.45) is 0 Å². The van der Waals surface area contributed by atoms with Gasteiger partial charge in [0, 0.05) is 23.4 Å². The summed E-state index contributed by atoms with van der Waals surface area (Å²) in [6.45, 7) is 0.894. The molecule has 1 aliphatic heterocycles. The number of allylic oxidation sites excluding steroid dienone is 1. The molecule has 1 aliphatic carbocycles. The van der Waals surface area contributed by atoms with Crippen LogP contribution in [0.4, 0.5) is 8.78 Å². The van der Waals surface area contributed by atoms with Crippen LogP contribution in [0.2, 0.25) is 0 Å². The van der Waals surface area contributed by atoms with E-state index in [0.717, 1.165) is 24.9 Å². The van der Waals surface area contributed by atoms with Crippen LogP contribution in [0, 0.1) is 0 Å². The summed E-state index contributed by atoms with van der Waals surface area (Å²) in [6.07, 6.45) is 1.50. The predicted molar refractivity (Wildman–Crippen MR) is 116 cm³/mol. The van der Waals surface area contributed by atoms with E-state index in [0.29, 0.717) is 23.7 Å². The Kier molecular flexibility index (Phi) is 6.20. The second-order valence-electron chi connectivity index (χ2n) is 8.31. The lowest BCUT2D eigenvalue weighted by Gasteiger charge is -2.40. The van der Waals surface area contributed by atoms with Crippen LogP contribution in [0.5, 0.6) is 11.5 Å². The van der Waals surface area contributed by atoms with Crippen LogP contribution < -0.4 is 9.47 Å². The monoisotopic (exact) mass is 443 g/mol. The van der Waals surface area contributed by atoms with E-state index in [4.69, 9.17) is 14.2 Å². The second kappa shape index (κ2) is 8.90. The van der Waals surface area contributed by atoms with Crippen LogP contribution in [0.1, 0.15) is 47.2 Å². The number of benzene rings is 2. The zero-order chi connectivity index (χ0) is 22.9. The lowest BCUT2D eigenvalue weighted by Crippen LogP contribution is -2.42. The molecular formula is C25H27F2NO4. The van der Waals surface area contributed by atoms with E-state index in [1.54, 1.807) is 20.3 Å². The molecule has 2 aromatic rings. The highest BCUT2D eigenvalue weighted by atomic mass is 19.3. The highest BCUT2D eigenvalue weighted by molar-refractivity contribution is 5.91. The number of carbonyl (C=O) groups is 1. The standard InChI is InChI=1S/C25H27F2NO4/c1-28-13-12-25(16-8-9-20(30-2)21(14-16)31-3)11-10-17(15-22(25)28)32-24(29)19-7-5-4-6-18(19)23(26)27/h4-9,14-15,22-23H,10-13H2,1-3H3/t22-,25-/m0/s1. The van der Waals surface area contributed by atoms with Crippen molar-refractivity contribution in [1.29, 1.82) is 0 Å². The van der Waals surface area contributed by atoms with Crippen LogP contribution in [0.25, 0.3) is 0 Å². The number of fused-ring (bicyclic) bond motifs is 1. The SMILES string of the molecule is COc1ccc([C@@]23CCC(OC(=O)c4ccccc4C(F)F)=C[C@@H]2N(C)CC3)cc1OC. The fourth-order valence-corrected chi connectivity index (χ4v) is 4.99. The summed E-state index contributed by atoms with van der Waals surface area (Å²) in [6, 6.07) is 11.7. The fraction of sp³-hybridized carbons (Fsp3) is 0.400. The van der Waals surface area contributed by atoms with Crippen LogP contribution in [-0.2, 0) is 10.2 Å². The lowest BCUT2D eigenvalue weighted by molar-refractivity contribution is 0.0582. The first-order valence-corrected chi connectivity index (χ1v) is 10.6. The molecule has 7 heteroatoms. The number of halogens is 2. The van der Waals surface area contributed by atoms with Crippen LogP contribution in [0.15, 0.2) is 54.3 Å². The number of hydrogen-bond donors (Lipinski definition) is 0. The number of methoxy groups -OCH3 is 2. The largest absolute Gasteiger partial charge is 0.493 e. The van der Waals surface area contributed by atoms with Gasteiger partial charge >= 0.3 is 5.97 Å². The molecular weight excluding hydrogens is 416 g/mol. The smallest absolute Gasteiger partial charge is 0.343 e. The molecule has 0 radical (unpaired) electrons. The molecule has 2 aliphatic rings. The number of carbonyl (C=O) groups excluding carboxylic acids is 1. The molecule has 4 rings (SSSR count). The number of nitrogens with zero attached hydrogens (tertiary/aromatic N) is 1. The van der Waals surface area contributed by atoms with Gasteiger partial charge in [-0.3, -0.25) is 4.90 Å². The number of hydrogen-bond acceptors (Lipinski definition) is 5. The number of esters is 1. The lowest BCUT2D eigenvalue weighted by atomic mass is 9.68. The van der Waals surface area contributed by atoms with Gasteiger partial charge in [-0.05, 0) is 56.3 Å². The number of likely N-dealkylation sites (tertiary alicyclic amines) is 1. The molecule has 5 nitrogen and oxygen atoms in total. The zero-order valence-corrected chi connectivity index (χ0v) is 18.4. The highest BCUT2D eigenvalue weighted by Gasteiger charge is 2.48. The van der Waals surface area contributed by atoms with Gasteiger partial charge in [0.15, 0.2) is 11.5 Å². The third kappa shape index (κ3) is 3.86. The van der Waals surface area contributed by atoms with Crippen LogP contribution in [-0.4, -0.2) is 44.7 Å². The van der Waals surface area contributed by atoms with E-state index >= 15 is 0 Å². The number of likely N-dealkylation sites (N-methyl/N-ethyl adjacent to an activating group) is 1. The van der Waals surface area contributed by atoms with Crippen molar-refractivity contribution in [1.82, 2.24) is 4.90 Å². The number of alkyl halides is 2. The first-order chi connectivity index (χ1) is 15.4. The minimum absolute atomic E-state index is 0.0162. The predicted octanol–water partition coefficient (Wildman–Crippen LogP) is 5.12. The zero-order valence-electron chi connectivity index (χ0n) is 18.4. The van der Waals surface area contributed by atoms with E-state index in [1.165, 1.54) is 18.2 Å². The van der Waals surface area contributed by atoms with E-state index < -0.39 is 12.4 Å². The van der Waals surface area contributed by atoms with E-state index in [1.807, 2.05) is 25.3 Å². The highest BCUT2D eigenvalue weighted by Crippen LogP contribution is 2.49. The van der Waals surface area contributed by atoms with Crippen molar-refractivity contribution in [2.45, 2.75) is 37.1 Å². The number of rotatable bonds is 6. The topological polar surface area (TPSA) is 48.0 Å². The van der Waals surface area contributed by atoms with Gasteiger partial charge in [0.1, 0.15) is 5.76 Å². The molecule has 32 heavy (non-hydrogen) atoms. The normalized spacial score (nSPS) is 22.9. The van der Waals surface area contributed by atoms with Crippen molar-refractivity contribution >= 4 is 5.97 Å². The molecule has 0 bridgehead atoms. The Labute approximate surface area is 186 Å². The minimum atomic E-state index is -2.74. The number of ether oxygens (including phenoxy) is 3. The fourth-order valence-electron chi connectivity index (χ4n) is 4.99. The van der Waals surface area contributed by atoms with Crippen molar-refractivity contribution < 1.29 is 27.8 Å². The van der Waals surface area contributed by atoms with Crippen LogP contribution >= 0.6 is 0 Å². The van der Waals surface area contributed by atoms with Gasteiger partial charge < -0.3 is 14.2 Å². The van der Waals surface area contributed by atoms with Gasteiger partial charge in [0.05, 0.1) is 19.8 Å². The molecule has 0 spiro atoms. The Morgan fingerprint density at radius 2 is 1.84 bits per heavy atom. The van der Waals surface area contributed by atoms with Crippen molar-refractivity contribution in [2.75, 3.05) is 27.8 Å². The molecule has 1 heterocycles. The Morgan fingerprint density at radius 3 is 2.56 bits per heavy atom. The molecule has 1 fully saturated rings. The maximum atomic E-state index is 13.3. The third-order valence-electron chi connectivity index (χ3n) is 6.71. The maximum absolute atomic E-state index is 13.3. The maximum Gasteiger partial charge on any atom is 0.343 e. The summed E-state index contributed by atoms with van der Waals surface area (Å²) < 4.78 is 43.1. The summed E-state index contributed by atoms with van der Waals surface area (Å²) in [5, 5.41) is 0. The molecule has 0 saturated carbocycles. The Bertz CT molecular complexity index is 1040. The van der Waals surface area contributed by atoms with Crippen molar-refractivity contribution in [3.63, 3.8) is 0 Å². The average Bonchev–Trinajstić information content (AvgIpc) is 3.15. The Hall–Kier alpha value is -2.93. The van der Waals surface area contributed by atoms with Gasteiger partial charge in [0.25, 0.3) is 6.43 Å². The first kappa shape index (κ1) is 22.3. The van der Waals surface area contributed by atoms with E-state index in [-0.39, 0.29) is 22.6 Å². The van der Waals surface area contributed by atoms with Crippen molar-refractivity contribution in [3.05, 3.63) is 71.0 Å². The van der Waals surface area contributed by atoms with Crippen LogP contribution in [0.3, 0.4) is 0 Å². The van der Waals surface area contributed by atoms with Gasteiger partial charge in [-0.15, -0.1) is 0 Å². The Balaban J connectivity index is 1.62. The molecule has 170 valence electrons. The molecule has 0 N–H and O–H groups in total. The first-order valence-electron chi connectivity index (χ1n) is 10.6. The quantitative estimate of drug-likeness (QED) is 0.580. The third-order valence-corrected chi connectivity index (χ3v) is 6.71. The summed E-state index contributed by atoms with van der Waals surface area (Å²) in [5.74, 6) is 1.13. The molecule has 0 aromatic heterocycles. The molecule has 2 aromatic carbocycles. The van der Waals surface area contributed by atoms with E-state index in [9.17, 15) is 13.6 Å². The summed E-state index contributed by atoms with van der Waals surface area (Å²) in [5.41, 5.74) is 0.589. The van der Waals surface area contributed by atoms with E-state index in [2.05, 4.69) is 11.0 Å². The summed E-state index contributed by atoms with van der Waals surface area (Å²) in [7, 11) is 5.27. The van der Waals surface area contributed by atoms with Gasteiger partial charge in [-0.1, -0.05) is 24.3 Å². The molecule has 2 atom stereocenters. The Morgan fingerprint density at radius 1 is 1.09 bits per heavy atom. The second-order valence-corrected chi connectivity index (χ2v) is 8.31. The molecule has 1 saturated heterocycles. The van der Waals surface area contributed by atoms with Gasteiger partial charge in [-0.2, -0.15) is 0 Å². The minimum Gasteiger partial charge on any atom is -0.493 e. The van der Waals surface area contributed by atoms with Gasteiger partial charge in [0.2, 0.25) is 0 Å².